The molecule has 158 valence electrons. The highest BCUT2D eigenvalue weighted by Crippen LogP contribution is 2.19. The van der Waals surface area contributed by atoms with Crippen LogP contribution in [0, 0.1) is 0 Å². The molecule has 0 radical (unpaired) electrons. The van der Waals surface area contributed by atoms with Crippen LogP contribution < -0.4 is 33.2 Å². The summed E-state index contributed by atoms with van der Waals surface area (Å²) in [6, 6.07) is 0. The summed E-state index contributed by atoms with van der Waals surface area (Å²) >= 11 is 0. The second-order valence-electron chi connectivity index (χ2n) is 7.23. The minimum atomic E-state index is -1.11. The van der Waals surface area contributed by atoms with E-state index in [1.165, 1.54) is 0 Å². The van der Waals surface area contributed by atoms with Gasteiger partial charge in [-0.05, 0) is 32.9 Å². The molecular formula is C17H42N6O3. The van der Waals surface area contributed by atoms with Crippen molar-refractivity contribution >= 4 is 0 Å². The van der Waals surface area contributed by atoms with E-state index in [1.54, 1.807) is 0 Å². The largest absolute Gasteiger partial charge is 0.394 e. The fourth-order valence-electron chi connectivity index (χ4n) is 2.88. The molecule has 11 N–H and O–H groups in total. The molecule has 0 aromatic heterocycles. The fourth-order valence-corrected chi connectivity index (χ4v) is 2.88. The summed E-state index contributed by atoms with van der Waals surface area (Å²) in [4.78, 5) is 0. The Morgan fingerprint density at radius 1 is 0.962 bits per heavy atom. The van der Waals surface area contributed by atoms with Gasteiger partial charge in [0, 0.05) is 25.2 Å². The van der Waals surface area contributed by atoms with Crippen molar-refractivity contribution in [3.05, 3.63) is 0 Å². The van der Waals surface area contributed by atoms with Crippen LogP contribution in [0.15, 0.2) is 0 Å². The van der Waals surface area contributed by atoms with E-state index in [1.807, 2.05) is 7.05 Å². The van der Waals surface area contributed by atoms with E-state index < -0.39 is 5.54 Å². The zero-order chi connectivity index (χ0) is 20.1. The topological polar surface area (TPSA) is 164 Å². The van der Waals surface area contributed by atoms with Crippen LogP contribution in [0.5, 0.6) is 0 Å². The maximum absolute atomic E-state index is 9.20. The lowest BCUT2D eigenvalue weighted by molar-refractivity contribution is 0.00768. The van der Waals surface area contributed by atoms with Crippen LogP contribution in [-0.2, 0) is 4.74 Å². The summed E-state index contributed by atoms with van der Waals surface area (Å²) in [6.07, 6.45) is 2.77. The summed E-state index contributed by atoms with van der Waals surface area (Å²) in [7, 11) is 1.89. The number of aliphatic hydroxyl groups is 2. The van der Waals surface area contributed by atoms with Crippen LogP contribution in [0.3, 0.4) is 0 Å². The number of aliphatic hydroxyl groups excluding tert-OH is 2. The van der Waals surface area contributed by atoms with Crippen LogP contribution in [0.25, 0.3) is 0 Å². The van der Waals surface area contributed by atoms with E-state index in [9.17, 15) is 10.2 Å². The molecule has 0 saturated heterocycles. The average Bonchev–Trinajstić information content (AvgIpc) is 2.69. The molecule has 0 spiro atoms. The van der Waals surface area contributed by atoms with E-state index in [0.717, 1.165) is 25.8 Å². The molecular weight excluding hydrogens is 336 g/mol. The minimum Gasteiger partial charge on any atom is -0.394 e. The van der Waals surface area contributed by atoms with Gasteiger partial charge in [-0.15, -0.1) is 0 Å². The first-order valence-electron chi connectivity index (χ1n) is 9.47. The highest BCUT2D eigenvalue weighted by molar-refractivity contribution is 4.94. The Bertz CT molecular complexity index is 347. The Kier molecular flexibility index (Phi) is 12.7. The van der Waals surface area contributed by atoms with E-state index in [4.69, 9.17) is 21.9 Å². The van der Waals surface area contributed by atoms with Gasteiger partial charge in [0.25, 0.3) is 0 Å². The van der Waals surface area contributed by atoms with Gasteiger partial charge in [-0.1, -0.05) is 13.8 Å². The molecule has 0 amide bonds. The second kappa shape index (κ2) is 12.9. The first-order chi connectivity index (χ1) is 12.3. The van der Waals surface area contributed by atoms with E-state index in [-0.39, 0.29) is 30.9 Å². The molecule has 9 nitrogen and oxygen atoms in total. The molecule has 0 aromatic rings. The molecule has 0 rings (SSSR count). The number of hydrogen-bond acceptors (Lipinski definition) is 9. The summed E-state index contributed by atoms with van der Waals surface area (Å²) in [5.41, 5.74) is 16.1. The first-order valence-corrected chi connectivity index (χ1v) is 9.47. The number of nitrogens with two attached hydrogens (primary N) is 3. The summed E-state index contributed by atoms with van der Waals surface area (Å²) < 4.78 is 5.54. The first kappa shape index (κ1) is 25.6. The SMILES string of the molecule is CCC(CC)(CCNC(CN)(CN)CNC)NCOCC(N)(CO)CO. The highest BCUT2D eigenvalue weighted by Gasteiger charge is 2.30. The van der Waals surface area contributed by atoms with Crippen molar-refractivity contribution < 1.29 is 14.9 Å². The van der Waals surface area contributed by atoms with Crippen LogP contribution in [0.1, 0.15) is 33.1 Å². The molecule has 0 aromatic carbocycles. The number of likely N-dealkylation sites (N-methyl/N-ethyl adjacent to an activating group) is 1. The van der Waals surface area contributed by atoms with Gasteiger partial charge in [0.15, 0.2) is 0 Å². The monoisotopic (exact) mass is 378 g/mol. The smallest absolute Gasteiger partial charge is 0.0970 e. The lowest BCUT2D eigenvalue weighted by Gasteiger charge is -2.37. The highest BCUT2D eigenvalue weighted by atomic mass is 16.5. The van der Waals surface area contributed by atoms with Crippen LogP contribution >= 0.6 is 0 Å². The Labute approximate surface area is 158 Å². The molecule has 0 saturated carbocycles. The maximum atomic E-state index is 9.20. The molecule has 0 aliphatic rings. The third-order valence-corrected chi connectivity index (χ3v) is 5.32. The van der Waals surface area contributed by atoms with E-state index in [2.05, 4.69) is 29.8 Å². The third-order valence-electron chi connectivity index (χ3n) is 5.32. The average molecular weight is 379 g/mol. The molecule has 0 heterocycles. The number of nitrogens with one attached hydrogen (secondary N) is 3. The van der Waals surface area contributed by atoms with Gasteiger partial charge in [-0.25, -0.2) is 0 Å². The van der Waals surface area contributed by atoms with E-state index in [0.29, 0.717) is 26.4 Å². The van der Waals surface area contributed by atoms with Gasteiger partial charge in [0.2, 0.25) is 0 Å². The molecule has 26 heavy (non-hydrogen) atoms. The number of hydrogen-bond donors (Lipinski definition) is 8. The van der Waals surface area contributed by atoms with Crippen molar-refractivity contribution in [3.8, 4) is 0 Å². The Morgan fingerprint density at radius 3 is 1.96 bits per heavy atom. The predicted molar refractivity (Wildman–Crippen MR) is 106 cm³/mol. The summed E-state index contributed by atoms with van der Waals surface area (Å²) in [5.74, 6) is 0. The molecule has 0 atom stereocenters. The van der Waals surface area contributed by atoms with Gasteiger partial charge in [-0.3, -0.25) is 5.32 Å². The molecule has 0 unspecified atom stereocenters. The number of ether oxygens (including phenoxy) is 1. The molecule has 9 heteroatoms. The van der Waals surface area contributed by atoms with E-state index >= 15 is 0 Å². The minimum absolute atomic E-state index is 0.0837. The second-order valence-corrected chi connectivity index (χ2v) is 7.23. The molecule has 0 aliphatic carbocycles. The van der Waals surface area contributed by atoms with Crippen LogP contribution in [-0.4, -0.2) is 86.6 Å². The van der Waals surface area contributed by atoms with Gasteiger partial charge in [0.05, 0.1) is 37.6 Å². The zero-order valence-electron chi connectivity index (χ0n) is 16.8. The van der Waals surface area contributed by atoms with Crippen molar-refractivity contribution in [2.24, 2.45) is 17.2 Å². The van der Waals surface area contributed by atoms with Crippen LogP contribution in [0.2, 0.25) is 0 Å². The Morgan fingerprint density at radius 2 is 1.54 bits per heavy atom. The molecule has 0 aliphatic heterocycles. The lowest BCUT2D eigenvalue weighted by Crippen LogP contribution is -2.62. The maximum Gasteiger partial charge on any atom is 0.0970 e. The Hall–Kier alpha value is -0.360. The molecule has 0 bridgehead atoms. The normalized spacial score (nSPS) is 13.4. The zero-order valence-corrected chi connectivity index (χ0v) is 16.8. The van der Waals surface area contributed by atoms with Crippen molar-refractivity contribution in [2.75, 3.05) is 59.8 Å². The number of rotatable bonds is 17. The Balaban J connectivity index is 4.56. The lowest BCUT2D eigenvalue weighted by atomic mass is 9.88. The molecule has 0 fully saturated rings. The van der Waals surface area contributed by atoms with Crippen molar-refractivity contribution in [3.63, 3.8) is 0 Å². The van der Waals surface area contributed by atoms with Gasteiger partial charge in [0.1, 0.15) is 0 Å². The van der Waals surface area contributed by atoms with Crippen LogP contribution in [0.4, 0.5) is 0 Å². The standard InChI is InChI=1S/C17H42N6O3/c1-4-16(5-2,23-14-26-13-15(20,11-24)12-25)6-7-22-17(8-18,9-19)10-21-3/h21-25H,4-14,18-20H2,1-3H3. The van der Waals surface area contributed by atoms with Gasteiger partial charge in [-0.2, -0.15) is 0 Å². The van der Waals surface area contributed by atoms with Crippen molar-refractivity contribution in [1.82, 2.24) is 16.0 Å². The van der Waals surface area contributed by atoms with Crippen molar-refractivity contribution in [1.29, 1.82) is 0 Å². The van der Waals surface area contributed by atoms with Gasteiger partial charge < -0.3 is 42.8 Å². The summed E-state index contributed by atoms with van der Waals surface area (Å²) in [5, 5.41) is 28.5. The third kappa shape index (κ3) is 8.12. The summed E-state index contributed by atoms with van der Waals surface area (Å²) in [6.45, 7) is 6.42. The van der Waals surface area contributed by atoms with Gasteiger partial charge >= 0.3 is 0 Å². The fraction of sp³-hybridized carbons (Fsp3) is 1.00. The quantitative estimate of drug-likeness (QED) is 0.102. The van der Waals surface area contributed by atoms with Crippen molar-refractivity contribution in [2.45, 2.75) is 49.7 Å². The predicted octanol–water partition coefficient (Wildman–Crippen LogP) is -2.35.